The summed E-state index contributed by atoms with van der Waals surface area (Å²) in [4.78, 5) is 56.0. The Bertz CT molecular complexity index is 840. The fourth-order valence-corrected chi connectivity index (χ4v) is 3.22. The number of aromatic carboxylic acids is 1. The van der Waals surface area contributed by atoms with Crippen molar-refractivity contribution < 1.29 is 44.0 Å². The number of amides is 2. The van der Waals surface area contributed by atoms with Crippen LogP contribution in [0.2, 0.25) is 0 Å². The molecular weight excluding hydrogens is 460 g/mol. The van der Waals surface area contributed by atoms with Crippen LogP contribution >= 0.6 is 0 Å². The zero-order valence-electron chi connectivity index (χ0n) is 19.7. The van der Waals surface area contributed by atoms with Crippen LogP contribution in [-0.2, 0) is 19.2 Å². The summed E-state index contributed by atoms with van der Waals surface area (Å²) in [5.74, 6) is -3.76. The molecule has 0 saturated carbocycles. The molecular formula is C24H34N2O9. The lowest BCUT2D eigenvalue weighted by Crippen LogP contribution is -2.41. The normalized spacial score (nSPS) is 11.3. The van der Waals surface area contributed by atoms with Crippen molar-refractivity contribution in [3.05, 3.63) is 29.8 Å². The van der Waals surface area contributed by atoms with E-state index in [2.05, 4.69) is 10.6 Å². The molecule has 1 aromatic rings. The maximum absolute atomic E-state index is 12.0. The molecule has 2 amide bonds. The largest absolute Gasteiger partial charge is 0.494 e. The molecule has 0 radical (unpaired) electrons. The second-order valence-corrected chi connectivity index (χ2v) is 8.07. The molecule has 0 bridgehead atoms. The Hall–Kier alpha value is -3.63. The fraction of sp³-hybridized carbons (Fsp3) is 0.542. The van der Waals surface area contributed by atoms with Gasteiger partial charge in [0.25, 0.3) is 0 Å². The van der Waals surface area contributed by atoms with Crippen LogP contribution < -0.4 is 15.4 Å². The van der Waals surface area contributed by atoms with Gasteiger partial charge in [0.1, 0.15) is 18.3 Å². The highest BCUT2D eigenvalue weighted by atomic mass is 16.5. The second kappa shape index (κ2) is 16.9. The predicted octanol–water partition coefficient (Wildman–Crippen LogP) is 2.43. The Balaban J connectivity index is 2.06. The van der Waals surface area contributed by atoms with Gasteiger partial charge < -0.3 is 30.7 Å². The minimum atomic E-state index is -1.24. The lowest BCUT2D eigenvalue weighted by Gasteiger charge is -2.14. The highest BCUT2D eigenvalue weighted by Crippen LogP contribution is 2.14. The molecule has 1 aromatic carbocycles. The van der Waals surface area contributed by atoms with Crippen molar-refractivity contribution in [3.8, 4) is 5.75 Å². The summed E-state index contributed by atoms with van der Waals surface area (Å²) in [6.45, 7) is 0.0137. The van der Waals surface area contributed by atoms with Crippen LogP contribution in [0.15, 0.2) is 24.3 Å². The van der Waals surface area contributed by atoms with E-state index >= 15 is 0 Å². The number of carbonyl (C=O) groups excluding carboxylic acids is 2. The number of benzene rings is 1. The zero-order valence-corrected chi connectivity index (χ0v) is 19.7. The Labute approximate surface area is 203 Å². The van der Waals surface area contributed by atoms with E-state index in [-0.39, 0.29) is 24.8 Å². The van der Waals surface area contributed by atoms with E-state index in [1.807, 2.05) is 0 Å². The topological polar surface area (TPSA) is 179 Å². The first-order valence-electron chi connectivity index (χ1n) is 11.7. The quantitative estimate of drug-likeness (QED) is 0.181. The molecule has 0 heterocycles. The minimum Gasteiger partial charge on any atom is -0.494 e. The van der Waals surface area contributed by atoms with Crippen LogP contribution in [0.25, 0.3) is 0 Å². The molecule has 194 valence electrons. The highest BCUT2D eigenvalue weighted by Gasteiger charge is 2.20. The van der Waals surface area contributed by atoms with E-state index in [0.29, 0.717) is 18.8 Å². The van der Waals surface area contributed by atoms with Gasteiger partial charge in [0.2, 0.25) is 11.8 Å². The third kappa shape index (κ3) is 14.3. The summed E-state index contributed by atoms with van der Waals surface area (Å²) in [7, 11) is 0. The summed E-state index contributed by atoms with van der Waals surface area (Å²) in [5, 5.41) is 31.1. The molecule has 0 spiro atoms. The number of rotatable bonds is 19. The van der Waals surface area contributed by atoms with Crippen molar-refractivity contribution in [1.82, 2.24) is 10.6 Å². The monoisotopic (exact) mass is 494 g/mol. The molecule has 11 heteroatoms. The van der Waals surface area contributed by atoms with Gasteiger partial charge in [-0.2, -0.15) is 0 Å². The molecule has 0 unspecified atom stereocenters. The van der Waals surface area contributed by atoms with E-state index in [0.717, 1.165) is 38.5 Å². The van der Waals surface area contributed by atoms with Crippen molar-refractivity contribution in [2.45, 2.75) is 70.3 Å². The smallest absolute Gasteiger partial charge is 0.335 e. The van der Waals surface area contributed by atoms with E-state index in [9.17, 15) is 29.1 Å². The maximum atomic E-state index is 12.0. The Morgan fingerprint density at radius 1 is 0.771 bits per heavy atom. The average molecular weight is 495 g/mol. The first-order valence-corrected chi connectivity index (χ1v) is 11.7. The van der Waals surface area contributed by atoms with Gasteiger partial charge in [-0.15, -0.1) is 0 Å². The number of carbonyl (C=O) groups is 5. The second-order valence-electron chi connectivity index (χ2n) is 8.07. The molecule has 0 aliphatic heterocycles. The van der Waals surface area contributed by atoms with E-state index < -0.39 is 42.3 Å². The summed E-state index contributed by atoms with van der Waals surface area (Å²) in [6.07, 6.45) is 6.22. The number of carboxylic acids is 3. The number of hydrogen-bond donors (Lipinski definition) is 5. The van der Waals surface area contributed by atoms with Crippen LogP contribution in [0.1, 0.15) is 74.6 Å². The van der Waals surface area contributed by atoms with Gasteiger partial charge in [0, 0.05) is 12.8 Å². The number of ether oxygens (including phenoxy) is 1. The molecule has 1 atom stereocenters. The summed E-state index contributed by atoms with van der Waals surface area (Å²) in [6, 6.07) is 5.08. The third-order valence-corrected chi connectivity index (χ3v) is 5.15. The SMILES string of the molecule is O=C(O)CNC(=O)CC[C@H](NC(=O)CCCCCCCCCOc1ccc(C(=O)O)cc1)C(=O)O. The van der Waals surface area contributed by atoms with Gasteiger partial charge in [-0.1, -0.05) is 32.1 Å². The van der Waals surface area contributed by atoms with E-state index in [1.165, 1.54) is 12.1 Å². The van der Waals surface area contributed by atoms with Gasteiger partial charge in [0.05, 0.1) is 12.2 Å². The van der Waals surface area contributed by atoms with Crippen LogP contribution in [0.3, 0.4) is 0 Å². The maximum Gasteiger partial charge on any atom is 0.335 e. The third-order valence-electron chi connectivity index (χ3n) is 5.15. The molecule has 0 aromatic heterocycles. The lowest BCUT2D eigenvalue weighted by atomic mass is 10.1. The molecule has 1 rings (SSSR count). The Morgan fingerprint density at radius 3 is 1.94 bits per heavy atom. The molecule has 0 aliphatic rings. The van der Waals surface area contributed by atoms with Gasteiger partial charge in [-0.3, -0.25) is 14.4 Å². The minimum absolute atomic E-state index is 0.121. The standard InChI is InChI=1S/C24H34N2O9/c27-20(25-16-22(29)30)14-13-19(24(33)34)26-21(28)8-6-4-2-1-3-5-7-15-35-18-11-9-17(10-12-18)23(31)32/h9-12,19H,1-8,13-16H2,(H,25,27)(H,26,28)(H,29,30)(H,31,32)(H,33,34)/t19-/m0/s1. The van der Waals surface area contributed by atoms with Gasteiger partial charge >= 0.3 is 17.9 Å². The molecule has 35 heavy (non-hydrogen) atoms. The predicted molar refractivity (Wildman–Crippen MR) is 125 cm³/mol. The zero-order chi connectivity index (χ0) is 26.1. The van der Waals surface area contributed by atoms with Gasteiger partial charge in [-0.05, 0) is 43.5 Å². The Kier molecular flexibility index (Phi) is 14.2. The highest BCUT2D eigenvalue weighted by molar-refractivity contribution is 5.87. The first-order chi connectivity index (χ1) is 16.7. The van der Waals surface area contributed by atoms with Crippen LogP contribution in [0.5, 0.6) is 5.75 Å². The van der Waals surface area contributed by atoms with Gasteiger partial charge in [0.15, 0.2) is 0 Å². The van der Waals surface area contributed by atoms with Crippen LogP contribution in [0.4, 0.5) is 0 Å². The summed E-state index contributed by atoms with van der Waals surface area (Å²) < 4.78 is 5.59. The van der Waals surface area contributed by atoms with Crippen LogP contribution in [0, 0.1) is 0 Å². The Morgan fingerprint density at radius 2 is 1.37 bits per heavy atom. The lowest BCUT2D eigenvalue weighted by molar-refractivity contribution is -0.142. The van der Waals surface area contributed by atoms with Crippen molar-refractivity contribution in [3.63, 3.8) is 0 Å². The molecule has 0 fully saturated rings. The molecule has 11 nitrogen and oxygen atoms in total. The summed E-state index contributed by atoms with van der Waals surface area (Å²) >= 11 is 0. The number of nitrogens with one attached hydrogen (secondary N) is 2. The number of unbranched alkanes of at least 4 members (excludes halogenated alkanes) is 6. The fourth-order valence-electron chi connectivity index (χ4n) is 3.22. The number of carboxylic acid groups (broad SMARTS) is 3. The van der Waals surface area contributed by atoms with Crippen LogP contribution in [-0.4, -0.2) is 64.2 Å². The first kappa shape index (κ1) is 29.4. The number of aliphatic carboxylic acids is 2. The van der Waals surface area contributed by atoms with Crippen molar-refractivity contribution in [2.75, 3.05) is 13.2 Å². The van der Waals surface area contributed by atoms with E-state index in [1.54, 1.807) is 12.1 Å². The molecule has 5 N–H and O–H groups in total. The van der Waals surface area contributed by atoms with Crippen molar-refractivity contribution in [2.24, 2.45) is 0 Å². The molecule has 0 aliphatic carbocycles. The average Bonchev–Trinajstić information content (AvgIpc) is 2.81. The van der Waals surface area contributed by atoms with Crippen molar-refractivity contribution >= 4 is 29.7 Å². The number of hydrogen-bond acceptors (Lipinski definition) is 6. The summed E-state index contributed by atoms with van der Waals surface area (Å²) in [5.41, 5.74) is 0.218. The van der Waals surface area contributed by atoms with Crippen molar-refractivity contribution in [1.29, 1.82) is 0 Å². The van der Waals surface area contributed by atoms with E-state index in [4.69, 9.17) is 14.9 Å². The van der Waals surface area contributed by atoms with Gasteiger partial charge in [-0.25, -0.2) is 9.59 Å². The molecule has 0 saturated heterocycles.